The number of hydrogen-bond donors (Lipinski definition) is 0. The summed E-state index contributed by atoms with van der Waals surface area (Å²) in [5, 5.41) is 8.96. The molecule has 4 heteroatoms. The molecule has 0 saturated heterocycles. The molecule has 0 radical (unpaired) electrons. The first-order valence-corrected chi connectivity index (χ1v) is 7.07. The van der Waals surface area contributed by atoms with Crippen molar-refractivity contribution in [1.82, 2.24) is 4.90 Å². The van der Waals surface area contributed by atoms with Crippen LogP contribution < -0.4 is 0 Å². The summed E-state index contributed by atoms with van der Waals surface area (Å²) in [5.41, 5.74) is 2.06. The lowest BCUT2D eigenvalue weighted by atomic mass is 10.1. The summed E-state index contributed by atoms with van der Waals surface area (Å²) in [6.45, 7) is 1.48. The minimum Gasteiger partial charge on any atom is -0.383 e. The van der Waals surface area contributed by atoms with Crippen molar-refractivity contribution in [3.05, 3.63) is 71.3 Å². The first-order valence-electron chi connectivity index (χ1n) is 7.07. The maximum atomic E-state index is 12.7. The van der Waals surface area contributed by atoms with Crippen LogP contribution in [0, 0.1) is 11.3 Å². The van der Waals surface area contributed by atoms with E-state index in [-0.39, 0.29) is 5.91 Å². The summed E-state index contributed by atoms with van der Waals surface area (Å²) in [6, 6.07) is 18.6. The Morgan fingerprint density at radius 2 is 1.95 bits per heavy atom. The van der Waals surface area contributed by atoms with Crippen LogP contribution in [0.3, 0.4) is 0 Å². The Hall–Kier alpha value is -2.64. The normalized spacial score (nSPS) is 10.0. The van der Waals surface area contributed by atoms with Crippen LogP contribution in [-0.2, 0) is 11.3 Å². The van der Waals surface area contributed by atoms with Gasteiger partial charge in [0.05, 0.1) is 18.2 Å². The van der Waals surface area contributed by atoms with Crippen molar-refractivity contribution in [2.24, 2.45) is 0 Å². The molecule has 2 rings (SSSR count). The third-order valence-electron chi connectivity index (χ3n) is 3.31. The summed E-state index contributed by atoms with van der Waals surface area (Å²) in [7, 11) is 1.61. The maximum absolute atomic E-state index is 12.7. The Balaban J connectivity index is 2.20. The number of rotatable bonds is 6. The molecule has 0 aliphatic carbocycles. The smallest absolute Gasteiger partial charge is 0.254 e. The molecule has 22 heavy (non-hydrogen) atoms. The SMILES string of the molecule is COCCN(Cc1ccccc1)C(=O)c1cccc(C#N)c1. The van der Waals surface area contributed by atoms with Crippen LogP contribution in [0.1, 0.15) is 21.5 Å². The van der Waals surface area contributed by atoms with Gasteiger partial charge in [-0.1, -0.05) is 36.4 Å². The molecule has 2 aromatic rings. The van der Waals surface area contributed by atoms with E-state index in [1.54, 1.807) is 36.3 Å². The van der Waals surface area contributed by atoms with Crippen LogP contribution >= 0.6 is 0 Å². The topological polar surface area (TPSA) is 53.3 Å². The molecule has 0 bridgehead atoms. The van der Waals surface area contributed by atoms with Gasteiger partial charge in [-0.15, -0.1) is 0 Å². The fourth-order valence-electron chi connectivity index (χ4n) is 2.16. The summed E-state index contributed by atoms with van der Waals surface area (Å²) in [5.74, 6) is -0.0991. The van der Waals surface area contributed by atoms with Gasteiger partial charge in [0.15, 0.2) is 0 Å². The molecule has 0 spiro atoms. The molecule has 0 aliphatic rings. The van der Waals surface area contributed by atoms with Gasteiger partial charge < -0.3 is 9.64 Å². The molecule has 0 N–H and O–H groups in total. The molecule has 1 amide bonds. The van der Waals surface area contributed by atoms with Gasteiger partial charge in [0.1, 0.15) is 0 Å². The van der Waals surface area contributed by atoms with E-state index in [1.807, 2.05) is 30.3 Å². The highest BCUT2D eigenvalue weighted by atomic mass is 16.5. The number of ether oxygens (including phenoxy) is 1. The highest BCUT2D eigenvalue weighted by Gasteiger charge is 2.16. The maximum Gasteiger partial charge on any atom is 0.254 e. The predicted molar refractivity (Wildman–Crippen MR) is 84.2 cm³/mol. The Labute approximate surface area is 130 Å². The van der Waals surface area contributed by atoms with E-state index >= 15 is 0 Å². The summed E-state index contributed by atoms with van der Waals surface area (Å²) in [4.78, 5) is 14.4. The standard InChI is InChI=1S/C18H18N2O2/c1-22-11-10-20(14-15-6-3-2-4-7-15)18(21)17-9-5-8-16(12-17)13-19/h2-9,12H,10-11,14H2,1H3. The third-order valence-corrected chi connectivity index (χ3v) is 3.31. The van der Waals surface area contributed by atoms with Gasteiger partial charge in [-0.3, -0.25) is 4.79 Å². The molecule has 0 heterocycles. The van der Waals surface area contributed by atoms with Crippen LogP contribution in [0.15, 0.2) is 54.6 Å². The third kappa shape index (κ3) is 4.18. The zero-order valence-corrected chi connectivity index (χ0v) is 12.5. The average Bonchev–Trinajstić information content (AvgIpc) is 2.59. The lowest BCUT2D eigenvalue weighted by molar-refractivity contribution is 0.0680. The zero-order chi connectivity index (χ0) is 15.8. The number of amides is 1. The van der Waals surface area contributed by atoms with Gasteiger partial charge in [0, 0.05) is 25.8 Å². The first kappa shape index (κ1) is 15.7. The fraction of sp³-hybridized carbons (Fsp3) is 0.222. The van der Waals surface area contributed by atoms with Gasteiger partial charge >= 0.3 is 0 Å². The minimum atomic E-state index is -0.0991. The molecule has 0 atom stereocenters. The van der Waals surface area contributed by atoms with E-state index in [2.05, 4.69) is 6.07 Å². The molecular formula is C18H18N2O2. The lowest BCUT2D eigenvalue weighted by Crippen LogP contribution is -2.33. The Morgan fingerprint density at radius 1 is 1.18 bits per heavy atom. The second-order valence-electron chi connectivity index (χ2n) is 4.90. The number of methoxy groups -OCH3 is 1. The first-order chi connectivity index (χ1) is 10.7. The van der Waals surface area contributed by atoms with E-state index in [0.717, 1.165) is 5.56 Å². The van der Waals surface area contributed by atoms with E-state index < -0.39 is 0 Å². The van der Waals surface area contributed by atoms with Gasteiger partial charge in [-0.05, 0) is 23.8 Å². The highest BCUT2D eigenvalue weighted by Crippen LogP contribution is 2.11. The molecule has 112 valence electrons. The average molecular weight is 294 g/mol. The quantitative estimate of drug-likeness (QED) is 0.823. The van der Waals surface area contributed by atoms with Crippen LogP contribution in [0.5, 0.6) is 0 Å². The van der Waals surface area contributed by atoms with Crippen molar-refractivity contribution < 1.29 is 9.53 Å². The summed E-state index contributed by atoms with van der Waals surface area (Å²) in [6.07, 6.45) is 0. The van der Waals surface area contributed by atoms with E-state index in [0.29, 0.717) is 30.8 Å². The van der Waals surface area contributed by atoms with Crippen molar-refractivity contribution in [2.75, 3.05) is 20.3 Å². The number of hydrogen-bond acceptors (Lipinski definition) is 3. The Morgan fingerprint density at radius 3 is 2.64 bits per heavy atom. The fourth-order valence-corrected chi connectivity index (χ4v) is 2.16. The zero-order valence-electron chi connectivity index (χ0n) is 12.5. The molecule has 0 aromatic heterocycles. The van der Waals surface area contributed by atoms with Crippen LogP contribution in [0.4, 0.5) is 0 Å². The summed E-state index contributed by atoms with van der Waals surface area (Å²) < 4.78 is 5.09. The van der Waals surface area contributed by atoms with Crippen molar-refractivity contribution in [2.45, 2.75) is 6.54 Å². The van der Waals surface area contributed by atoms with Gasteiger partial charge in [-0.2, -0.15) is 5.26 Å². The van der Waals surface area contributed by atoms with Crippen molar-refractivity contribution in [3.8, 4) is 6.07 Å². The molecule has 0 unspecified atom stereocenters. The molecule has 2 aromatic carbocycles. The molecular weight excluding hydrogens is 276 g/mol. The second-order valence-corrected chi connectivity index (χ2v) is 4.90. The Kier molecular flexibility index (Phi) is 5.70. The minimum absolute atomic E-state index is 0.0991. The largest absolute Gasteiger partial charge is 0.383 e. The van der Waals surface area contributed by atoms with E-state index in [1.165, 1.54) is 0 Å². The monoisotopic (exact) mass is 294 g/mol. The summed E-state index contributed by atoms with van der Waals surface area (Å²) >= 11 is 0. The number of benzene rings is 2. The molecule has 0 aliphatic heterocycles. The lowest BCUT2D eigenvalue weighted by Gasteiger charge is -2.22. The Bertz CT molecular complexity index is 662. The van der Waals surface area contributed by atoms with Gasteiger partial charge in [-0.25, -0.2) is 0 Å². The van der Waals surface area contributed by atoms with Crippen molar-refractivity contribution in [1.29, 1.82) is 5.26 Å². The van der Waals surface area contributed by atoms with Gasteiger partial charge in [0.2, 0.25) is 0 Å². The van der Waals surface area contributed by atoms with Gasteiger partial charge in [0.25, 0.3) is 5.91 Å². The number of carbonyl (C=O) groups excluding carboxylic acids is 1. The van der Waals surface area contributed by atoms with E-state index in [4.69, 9.17) is 10.00 Å². The predicted octanol–water partition coefficient (Wildman–Crippen LogP) is 2.85. The van der Waals surface area contributed by atoms with Crippen molar-refractivity contribution >= 4 is 5.91 Å². The van der Waals surface area contributed by atoms with E-state index in [9.17, 15) is 4.79 Å². The number of nitriles is 1. The van der Waals surface area contributed by atoms with Crippen molar-refractivity contribution in [3.63, 3.8) is 0 Å². The molecule has 0 saturated carbocycles. The van der Waals surface area contributed by atoms with Crippen LogP contribution in [-0.4, -0.2) is 31.1 Å². The highest BCUT2D eigenvalue weighted by molar-refractivity contribution is 5.94. The van der Waals surface area contributed by atoms with Crippen LogP contribution in [0.25, 0.3) is 0 Å². The number of carbonyl (C=O) groups is 1. The molecule has 4 nitrogen and oxygen atoms in total. The molecule has 0 fully saturated rings. The van der Waals surface area contributed by atoms with Crippen LogP contribution in [0.2, 0.25) is 0 Å². The number of nitrogens with zero attached hydrogens (tertiary/aromatic N) is 2. The second kappa shape index (κ2) is 7.96.